The topological polar surface area (TPSA) is 109 Å². The molecule has 0 aromatic rings. The number of aliphatic hydroxyl groups is 3. The number of hydrogen-bond donors (Lipinski definition) is 3. The molecule has 10 heavy (non-hydrogen) atoms. The molecule has 6 heteroatoms. The van der Waals surface area contributed by atoms with Gasteiger partial charge in [0.15, 0.2) is 6.29 Å². The predicted molar refractivity (Wildman–Crippen MR) is 32.8 cm³/mol. The molecule has 0 saturated carbocycles. The van der Waals surface area contributed by atoms with Gasteiger partial charge in [0.1, 0.15) is 6.10 Å². The van der Waals surface area contributed by atoms with Gasteiger partial charge in [-0.1, -0.05) is 12.0 Å². The monoisotopic (exact) mass is 147 g/mol. The van der Waals surface area contributed by atoms with Gasteiger partial charge in [-0.15, -0.1) is 0 Å². The Labute approximate surface area is 57.4 Å². The van der Waals surface area contributed by atoms with Crippen molar-refractivity contribution < 1.29 is 15.3 Å². The molecule has 6 nitrogen and oxygen atoms in total. The van der Waals surface area contributed by atoms with E-state index in [1.165, 1.54) is 6.92 Å². The lowest BCUT2D eigenvalue weighted by molar-refractivity contribution is -0.127. The van der Waals surface area contributed by atoms with Crippen molar-refractivity contribution in [3.05, 3.63) is 10.4 Å². The van der Waals surface area contributed by atoms with Crippen LogP contribution < -0.4 is 0 Å². The van der Waals surface area contributed by atoms with Crippen LogP contribution in [0.1, 0.15) is 6.92 Å². The SMILES string of the molecule is C[C@@H](N=[N+]=[N-])[C@@H](O)C(O)O. The van der Waals surface area contributed by atoms with Gasteiger partial charge in [-0.25, -0.2) is 0 Å². The Balaban J connectivity index is 3.93. The largest absolute Gasteiger partial charge is 0.387 e. The molecule has 2 atom stereocenters. The van der Waals surface area contributed by atoms with Crippen LogP contribution >= 0.6 is 0 Å². The second-order valence-electron chi connectivity index (χ2n) is 1.85. The molecular formula is C4H9N3O3. The third-order valence-electron chi connectivity index (χ3n) is 1.03. The second kappa shape index (κ2) is 4.08. The molecular weight excluding hydrogens is 138 g/mol. The van der Waals surface area contributed by atoms with Gasteiger partial charge < -0.3 is 15.3 Å². The molecule has 0 fully saturated rings. The lowest BCUT2D eigenvalue weighted by atomic mass is 10.2. The molecule has 0 radical (unpaired) electrons. The summed E-state index contributed by atoms with van der Waals surface area (Å²) in [5, 5.41) is 28.5. The summed E-state index contributed by atoms with van der Waals surface area (Å²) < 4.78 is 0. The van der Waals surface area contributed by atoms with Crippen LogP contribution in [-0.4, -0.2) is 33.8 Å². The van der Waals surface area contributed by atoms with Crippen molar-refractivity contribution in [1.29, 1.82) is 0 Å². The zero-order valence-electron chi connectivity index (χ0n) is 5.42. The van der Waals surface area contributed by atoms with Gasteiger partial charge in [0, 0.05) is 4.91 Å². The highest BCUT2D eigenvalue weighted by molar-refractivity contribution is 4.71. The number of azide groups is 1. The van der Waals surface area contributed by atoms with E-state index in [9.17, 15) is 0 Å². The highest BCUT2D eigenvalue weighted by atomic mass is 16.5. The minimum absolute atomic E-state index is 0.829. The summed E-state index contributed by atoms with van der Waals surface area (Å²) in [5.41, 5.74) is 7.85. The van der Waals surface area contributed by atoms with Crippen molar-refractivity contribution in [2.75, 3.05) is 0 Å². The Hall–Kier alpha value is -0.810. The maximum Gasteiger partial charge on any atom is 0.178 e. The zero-order chi connectivity index (χ0) is 8.15. The first-order valence-corrected chi connectivity index (χ1v) is 2.68. The Morgan fingerprint density at radius 2 is 1.90 bits per heavy atom. The van der Waals surface area contributed by atoms with Crippen LogP contribution in [0.2, 0.25) is 0 Å². The van der Waals surface area contributed by atoms with E-state index in [1.54, 1.807) is 0 Å². The zero-order valence-corrected chi connectivity index (χ0v) is 5.42. The van der Waals surface area contributed by atoms with Crippen LogP contribution in [0.4, 0.5) is 0 Å². The summed E-state index contributed by atoms with van der Waals surface area (Å²) in [7, 11) is 0. The van der Waals surface area contributed by atoms with Gasteiger partial charge in [0.05, 0.1) is 6.04 Å². The molecule has 0 amide bonds. The summed E-state index contributed by atoms with van der Waals surface area (Å²) in [6.07, 6.45) is -3.28. The van der Waals surface area contributed by atoms with Crippen molar-refractivity contribution in [3.8, 4) is 0 Å². The van der Waals surface area contributed by atoms with Crippen molar-refractivity contribution in [1.82, 2.24) is 0 Å². The molecule has 0 bridgehead atoms. The first kappa shape index (κ1) is 9.19. The molecule has 0 aromatic carbocycles. The fraction of sp³-hybridized carbons (Fsp3) is 1.00. The summed E-state index contributed by atoms with van der Waals surface area (Å²) >= 11 is 0. The minimum Gasteiger partial charge on any atom is -0.387 e. The number of aliphatic hydroxyl groups excluding tert-OH is 2. The number of rotatable bonds is 3. The Morgan fingerprint density at radius 3 is 2.20 bits per heavy atom. The maximum absolute atomic E-state index is 8.76. The van der Waals surface area contributed by atoms with E-state index in [1.807, 2.05) is 0 Å². The lowest BCUT2D eigenvalue weighted by Crippen LogP contribution is -2.33. The van der Waals surface area contributed by atoms with Gasteiger partial charge in [-0.3, -0.25) is 0 Å². The van der Waals surface area contributed by atoms with Crippen molar-refractivity contribution in [2.45, 2.75) is 25.4 Å². The maximum atomic E-state index is 8.76. The molecule has 0 aromatic heterocycles. The fourth-order valence-corrected chi connectivity index (χ4v) is 0.399. The van der Waals surface area contributed by atoms with E-state index in [0.29, 0.717) is 0 Å². The van der Waals surface area contributed by atoms with E-state index in [-0.39, 0.29) is 0 Å². The molecule has 3 N–H and O–H groups in total. The number of nitrogens with zero attached hydrogens (tertiary/aromatic N) is 3. The van der Waals surface area contributed by atoms with Crippen LogP contribution in [0.25, 0.3) is 10.4 Å². The average molecular weight is 147 g/mol. The van der Waals surface area contributed by atoms with Gasteiger partial charge in [-0.05, 0) is 5.53 Å². The molecule has 0 unspecified atom stereocenters. The standard InChI is InChI=1S/C4H9N3O3/c1-2(6-7-5)3(8)4(9)10/h2-4,8-10H,1H3/t2-,3-/m1/s1. The van der Waals surface area contributed by atoms with E-state index < -0.39 is 18.4 Å². The van der Waals surface area contributed by atoms with Crippen LogP contribution in [0.3, 0.4) is 0 Å². The summed E-state index contributed by atoms with van der Waals surface area (Å²) in [5.74, 6) is 0. The molecule has 0 aliphatic carbocycles. The average Bonchev–Trinajstić information content (AvgIpc) is 1.87. The highest BCUT2D eigenvalue weighted by Crippen LogP contribution is 2.00. The number of hydrogen-bond acceptors (Lipinski definition) is 4. The second-order valence-corrected chi connectivity index (χ2v) is 1.85. The van der Waals surface area contributed by atoms with Gasteiger partial charge in [-0.2, -0.15) is 0 Å². The van der Waals surface area contributed by atoms with Crippen molar-refractivity contribution in [2.24, 2.45) is 5.11 Å². The third kappa shape index (κ3) is 2.65. The molecule has 58 valence electrons. The first-order valence-electron chi connectivity index (χ1n) is 2.68. The van der Waals surface area contributed by atoms with Gasteiger partial charge in [0.2, 0.25) is 0 Å². The Bertz CT molecular complexity index is 143. The van der Waals surface area contributed by atoms with E-state index in [0.717, 1.165) is 0 Å². The van der Waals surface area contributed by atoms with Crippen LogP contribution in [0.5, 0.6) is 0 Å². The molecule has 0 aliphatic rings. The summed E-state index contributed by atoms with van der Waals surface area (Å²) in [6.45, 7) is 1.38. The molecule has 0 aliphatic heterocycles. The molecule has 0 rings (SSSR count). The van der Waals surface area contributed by atoms with E-state index in [4.69, 9.17) is 20.9 Å². The van der Waals surface area contributed by atoms with Crippen molar-refractivity contribution >= 4 is 0 Å². The first-order chi connectivity index (χ1) is 4.59. The van der Waals surface area contributed by atoms with Gasteiger partial charge in [0.25, 0.3) is 0 Å². The highest BCUT2D eigenvalue weighted by Gasteiger charge is 2.18. The van der Waals surface area contributed by atoms with Crippen LogP contribution in [-0.2, 0) is 0 Å². The van der Waals surface area contributed by atoms with E-state index in [2.05, 4.69) is 10.0 Å². The fourth-order valence-electron chi connectivity index (χ4n) is 0.399. The smallest absolute Gasteiger partial charge is 0.178 e. The third-order valence-corrected chi connectivity index (χ3v) is 1.03. The molecule has 0 saturated heterocycles. The normalized spacial score (nSPS) is 16.1. The Kier molecular flexibility index (Phi) is 3.75. The lowest BCUT2D eigenvalue weighted by Gasteiger charge is -2.14. The Morgan fingerprint density at radius 1 is 1.40 bits per heavy atom. The quantitative estimate of drug-likeness (QED) is 0.213. The van der Waals surface area contributed by atoms with Crippen LogP contribution in [0, 0.1) is 0 Å². The van der Waals surface area contributed by atoms with Crippen LogP contribution in [0.15, 0.2) is 5.11 Å². The molecule has 0 spiro atoms. The van der Waals surface area contributed by atoms with E-state index >= 15 is 0 Å². The van der Waals surface area contributed by atoms with Crippen molar-refractivity contribution in [3.63, 3.8) is 0 Å². The summed E-state index contributed by atoms with van der Waals surface area (Å²) in [4.78, 5) is 2.38. The molecule has 0 heterocycles. The predicted octanol–water partition coefficient (Wildman–Crippen LogP) is -0.643. The van der Waals surface area contributed by atoms with Gasteiger partial charge >= 0.3 is 0 Å². The summed E-state index contributed by atoms with van der Waals surface area (Å²) in [6, 6.07) is -0.829. The minimum atomic E-state index is -1.86.